The average molecular weight is 446 g/mol. The van der Waals surface area contributed by atoms with Gasteiger partial charge in [-0.05, 0) is 62.2 Å². The zero-order valence-electron chi connectivity index (χ0n) is 18.6. The lowest BCUT2D eigenvalue weighted by Gasteiger charge is -2.31. The Kier molecular flexibility index (Phi) is 7.35. The molecule has 1 heterocycles. The molecule has 1 aliphatic heterocycles. The Labute approximate surface area is 185 Å². The Morgan fingerprint density at radius 1 is 0.968 bits per heavy atom. The third-order valence-electron chi connectivity index (χ3n) is 5.73. The largest absolute Gasteiger partial charge is 0.483 e. The van der Waals surface area contributed by atoms with Crippen LogP contribution in [-0.2, 0) is 21.4 Å². The fourth-order valence-corrected chi connectivity index (χ4v) is 4.92. The number of hydrogen-bond acceptors (Lipinski definition) is 5. The van der Waals surface area contributed by atoms with Gasteiger partial charge in [0.05, 0.1) is 4.90 Å². The number of hydrogen-bond donors (Lipinski definition) is 1. The van der Waals surface area contributed by atoms with Gasteiger partial charge in [-0.15, -0.1) is 0 Å². The normalized spacial score (nSPS) is 15.6. The Morgan fingerprint density at radius 3 is 2.23 bits per heavy atom. The summed E-state index contributed by atoms with van der Waals surface area (Å²) in [5.74, 6) is 0.517. The number of benzene rings is 2. The van der Waals surface area contributed by atoms with E-state index >= 15 is 0 Å². The van der Waals surface area contributed by atoms with Gasteiger partial charge in [0, 0.05) is 32.7 Å². The maximum absolute atomic E-state index is 12.8. The van der Waals surface area contributed by atoms with Crippen LogP contribution in [0.4, 0.5) is 0 Å². The number of ether oxygens (including phenoxy) is 1. The fourth-order valence-electron chi connectivity index (χ4n) is 3.49. The zero-order valence-corrected chi connectivity index (χ0v) is 19.5. The lowest BCUT2D eigenvalue weighted by atomic mass is 10.1. The molecule has 1 amide bonds. The molecule has 0 aromatic heterocycles. The molecule has 0 spiro atoms. The van der Waals surface area contributed by atoms with Crippen LogP contribution in [0, 0.1) is 20.8 Å². The van der Waals surface area contributed by atoms with Gasteiger partial charge in [-0.3, -0.25) is 4.79 Å². The van der Waals surface area contributed by atoms with Crippen LogP contribution in [0.1, 0.15) is 22.3 Å². The Morgan fingerprint density at radius 2 is 1.58 bits per heavy atom. The van der Waals surface area contributed by atoms with E-state index < -0.39 is 10.0 Å². The van der Waals surface area contributed by atoms with Crippen LogP contribution in [0.25, 0.3) is 0 Å². The molecule has 0 unspecified atom stereocenters. The van der Waals surface area contributed by atoms with Crippen LogP contribution >= 0.6 is 0 Å². The molecule has 0 radical (unpaired) electrons. The van der Waals surface area contributed by atoms with Crippen molar-refractivity contribution in [3.63, 3.8) is 0 Å². The average Bonchev–Trinajstić information content (AvgIpc) is 2.75. The van der Waals surface area contributed by atoms with Gasteiger partial charge in [-0.2, -0.15) is 4.31 Å². The third-order valence-corrected chi connectivity index (χ3v) is 7.65. The number of nitrogens with zero attached hydrogens (tertiary/aromatic N) is 2. The molecular weight excluding hydrogens is 414 g/mol. The predicted octanol–water partition coefficient (Wildman–Crippen LogP) is 2.24. The van der Waals surface area contributed by atoms with E-state index in [0.29, 0.717) is 19.6 Å². The first-order chi connectivity index (χ1) is 14.7. The summed E-state index contributed by atoms with van der Waals surface area (Å²) in [5, 5.41) is 2.82. The van der Waals surface area contributed by atoms with Crippen molar-refractivity contribution in [2.45, 2.75) is 32.2 Å². The van der Waals surface area contributed by atoms with Crippen LogP contribution in [-0.4, -0.2) is 63.4 Å². The van der Waals surface area contributed by atoms with Gasteiger partial charge in [-0.1, -0.05) is 24.3 Å². The molecule has 31 heavy (non-hydrogen) atoms. The molecule has 0 bridgehead atoms. The highest BCUT2D eigenvalue weighted by atomic mass is 32.2. The van der Waals surface area contributed by atoms with E-state index in [2.05, 4.69) is 10.2 Å². The number of carbonyl (C=O) groups excluding carboxylic acids is 1. The third kappa shape index (κ3) is 5.64. The molecule has 1 N–H and O–H groups in total. The van der Waals surface area contributed by atoms with Crippen molar-refractivity contribution in [1.29, 1.82) is 0 Å². The molecule has 0 saturated carbocycles. The summed E-state index contributed by atoms with van der Waals surface area (Å²) in [5.41, 5.74) is 3.97. The van der Waals surface area contributed by atoms with E-state index in [0.717, 1.165) is 41.1 Å². The van der Waals surface area contributed by atoms with Crippen molar-refractivity contribution in [2.75, 3.05) is 39.8 Å². The minimum atomic E-state index is -3.49. The number of likely N-dealkylation sites (N-methyl/N-ethyl adjacent to an activating group) is 1. The summed E-state index contributed by atoms with van der Waals surface area (Å²) >= 11 is 0. The zero-order chi connectivity index (χ0) is 22.6. The number of carbonyl (C=O) groups is 1. The summed E-state index contributed by atoms with van der Waals surface area (Å²) in [4.78, 5) is 14.6. The number of amides is 1. The van der Waals surface area contributed by atoms with Crippen molar-refractivity contribution in [2.24, 2.45) is 0 Å². The van der Waals surface area contributed by atoms with Gasteiger partial charge in [0.25, 0.3) is 5.91 Å². The molecule has 7 nitrogen and oxygen atoms in total. The standard InChI is InChI=1S/C23H31N3O4S/c1-17-5-6-18(2)23(19(17)3)30-16-22(27)24-15-20-7-9-21(10-8-20)31(28,29)26-13-11-25(4)12-14-26/h5-10H,11-16H2,1-4H3,(H,24,27). The van der Waals surface area contributed by atoms with Crippen LogP contribution in [0.15, 0.2) is 41.3 Å². The molecule has 1 saturated heterocycles. The van der Waals surface area contributed by atoms with E-state index in [1.54, 1.807) is 24.3 Å². The van der Waals surface area contributed by atoms with Gasteiger partial charge in [0.2, 0.25) is 10.0 Å². The van der Waals surface area contributed by atoms with Gasteiger partial charge >= 0.3 is 0 Å². The summed E-state index contributed by atoms with van der Waals surface area (Å²) in [6, 6.07) is 10.7. The summed E-state index contributed by atoms with van der Waals surface area (Å²) in [7, 11) is -1.50. The topological polar surface area (TPSA) is 78.9 Å². The van der Waals surface area contributed by atoms with E-state index in [-0.39, 0.29) is 17.4 Å². The molecule has 168 valence electrons. The molecule has 2 aromatic carbocycles. The van der Waals surface area contributed by atoms with Gasteiger partial charge in [-0.25, -0.2) is 8.42 Å². The smallest absolute Gasteiger partial charge is 0.258 e. The molecule has 1 aliphatic rings. The number of rotatable bonds is 7. The highest BCUT2D eigenvalue weighted by Gasteiger charge is 2.27. The van der Waals surface area contributed by atoms with Crippen molar-refractivity contribution in [3.05, 3.63) is 58.7 Å². The van der Waals surface area contributed by atoms with Crippen LogP contribution in [0.5, 0.6) is 5.75 Å². The molecular formula is C23H31N3O4S. The lowest BCUT2D eigenvalue weighted by molar-refractivity contribution is -0.123. The maximum atomic E-state index is 12.8. The summed E-state index contributed by atoms with van der Waals surface area (Å²) in [6.07, 6.45) is 0. The maximum Gasteiger partial charge on any atom is 0.258 e. The van der Waals surface area contributed by atoms with Crippen molar-refractivity contribution in [1.82, 2.24) is 14.5 Å². The van der Waals surface area contributed by atoms with Crippen molar-refractivity contribution >= 4 is 15.9 Å². The van der Waals surface area contributed by atoms with E-state index in [1.807, 2.05) is 40.0 Å². The minimum absolute atomic E-state index is 0.0684. The SMILES string of the molecule is Cc1ccc(C)c(OCC(=O)NCc2ccc(S(=O)(=O)N3CCN(C)CC3)cc2)c1C. The second-order valence-corrected chi connectivity index (χ2v) is 10.0. The number of nitrogens with one attached hydrogen (secondary N) is 1. The number of aryl methyl sites for hydroxylation is 2. The molecule has 0 atom stereocenters. The second-order valence-electron chi connectivity index (χ2n) is 8.07. The van der Waals surface area contributed by atoms with Gasteiger partial charge in [0.1, 0.15) is 5.75 Å². The first-order valence-electron chi connectivity index (χ1n) is 10.4. The highest BCUT2D eigenvalue weighted by molar-refractivity contribution is 7.89. The van der Waals surface area contributed by atoms with E-state index in [9.17, 15) is 13.2 Å². The molecule has 0 aliphatic carbocycles. The highest BCUT2D eigenvalue weighted by Crippen LogP contribution is 2.25. The van der Waals surface area contributed by atoms with Crippen LogP contribution < -0.4 is 10.1 Å². The Balaban J connectivity index is 1.53. The quantitative estimate of drug-likeness (QED) is 0.707. The molecule has 3 rings (SSSR count). The molecule has 2 aromatic rings. The molecule has 8 heteroatoms. The van der Waals surface area contributed by atoms with E-state index in [1.165, 1.54) is 4.31 Å². The van der Waals surface area contributed by atoms with Gasteiger partial charge in [0.15, 0.2) is 6.61 Å². The van der Waals surface area contributed by atoms with Gasteiger partial charge < -0.3 is 15.0 Å². The Hall–Kier alpha value is -2.42. The number of sulfonamides is 1. The first-order valence-corrected chi connectivity index (χ1v) is 11.9. The predicted molar refractivity (Wildman–Crippen MR) is 121 cm³/mol. The van der Waals surface area contributed by atoms with Crippen LogP contribution in [0.3, 0.4) is 0 Å². The molecule has 1 fully saturated rings. The lowest BCUT2D eigenvalue weighted by Crippen LogP contribution is -2.47. The summed E-state index contributed by atoms with van der Waals surface area (Å²) in [6.45, 7) is 8.64. The Bertz CT molecular complexity index is 1030. The monoisotopic (exact) mass is 445 g/mol. The van der Waals surface area contributed by atoms with Crippen molar-refractivity contribution < 1.29 is 17.9 Å². The first kappa shape index (κ1) is 23.2. The van der Waals surface area contributed by atoms with E-state index in [4.69, 9.17) is 4.74 Å². The fraction of sp³-hybridized carbons (Fsp3) is 0.435. The minimum Gasteiger partial charge on any atom is -0.483 e. The number of piperazine rings is 1. The second kappa shape index (κ2) is 9.80. The summed E-state index contributed by atoms with van der Waals surface area (Å²) < 4.78 is 32.8. The van der Waals surface area contributed by atoms with Crippen LogP contribution in [0.2, 0.25) is 0 Å². The van der Waals surface area contributed by atoms with Crippen molar-refractivity contribution in [3.8, 4) is 5.75 Å².